The summed E-state index contributed by atoms with van der Waals surface area (Å²) in [5, 5.41) is 5.79. The first-order valence-electron chi connectivity index (χ1n) is 11.9. The van der Waals surface area contributed by atoms with Crippen LogP contribution < -0.4 is 10.6 Å². The molecule has 4 aromatic rings. The van der Waals surface area contributed by atoms with Crippen molar-refractivity contribution in [3.8, 4) is 0 Å². The third kappa shape index (κ3) is 5.40. The molecule has 1 amide bonds. The fraction of sp³-hybridized carbons (Fsp3) is 0.133. The summed E-state index contributed by atoms with van der Waals surface area (Å²) in [5.41, 5.74) is 4.69. The second kappa shape index (κ2) is 10.3. The molecule has 0 aromatic heterocycles. The van der Waals surface area contributed by atoms with E-state index < -0.39 is 11.6 Å². The van der Waals surface area contributed by atoms with E-state index in [1.165, 1.54) is 24.3 Å². The van der Waals surface area contributed by atoms with Gasteiger partial charge in [-0.15, -0.1) is 0 Å². The third-order valence-corrected chi connectivity index (χ3v) is 6.45. The average molecular weight is 501 g/mol. The van der Waals surface area contributed by atoms with Crippen molar-refractivity contribution in [3.63, 3.8) is 0 Å². The highest BCUT2D eigenvalue weighted by Crippen LogP contribution is 2.29. The van der Waals surface area contributed by atoms with Crippen molar-refractivity contribution >= 4 is 23.1 Å². The van der Waals surface area contributed by atoms with Gasteiger partial charge in [0.05, 0.1) is 5.69 Å². The van der Waals surface area contributed by atoms with Crippen molar-refractivity contribution in [2.45, 2.75) is 19.3 Å². The molecular weight excluding hydrogens is 477 g/mol. The Morgan fingerprint density at radius 3 is 2.30 bits per heavy atom. The van der Waals surface area contributed by atoms with Gasteiger partial charge in [0.1, 0.15) is 17.5 Å². The van der Waals surface area contributed by atoms with E-state index in [1.807, 2.05) is 0 Å². The number of benzene rings is 4. The number of hydrogen-bond donors (Lipinski definition) is 2. The molecule has 0 heterocycles. The standard InChI is InChI=1S/C30H23F3N2O2/c31-22-7-1-18(2-8-22)13-14-34-30(37)21-6-4-19-3-5-20-15-24(10-11-25(20)29(36)26(19)16-21)35-28-12-9-23(32)17-27(28)33/h1-2,4,6-12,15-17,35H,3,5,13-14H2,(H,34,37). The molecule has 1 aliphatic carbocycles. The monoisotopic (exact) mass is 500 g/mol. The van der Waals surface area contributed by atoms with Crippen molar-refractivity contribution in [1.29, 1.82) is 0 Å². The highest BCUT2D eigenvalue weighted by molar-refractivity contribution is 6.12. The molecule has 0 spiro atoms. The SMILES string of the molecule is O=C(NCCc1ccc(F)cc1)c1ccc2c(c1)C(=O)c1ccc(Nc3ccc(F)cc3F)cc1CC2. The summed E-state index contributed by atoms with van der Waals surface area (Å²) < 4.78 is 40.3. The number of rotatable bonds is 6. The van der Waals surface area contributed by atoms with Crippen molar-refractivity contribution in [1.82, 2.24) is 5.32 Å². The van der Waals surface area contributed by atoms with E-state index in [-0.39, 0.29) is 23.2 Å². The molecule has 5 rings (SSSR count). The van der Waals surface area contributed by atoms with Crippen LogP contribution in [0.3, 0.4) is 0 Å². The van der Waals surface area contributed by atoms with Crippen molar-refractivity contribution in [2.24, 2.45) is 0 Å². The maximum Gasteiger partial charge on any atom is 0.251 e. The van der Waals surface area contributed by atoms with Gasteiger partial charge in [-0.1, -0.05) is 18.2 Å². The van der Waals surface area contributed by atoms with Gasteiger partial charge in [0.2, 0.25) is 0 Å². The maximum atomic E-state index is 14.1. The minimum Gasteiger partial charge on any atom is -0.353 e. The van der Waals surface area contributed by atoms with E-state index in [9.17, 15) is 22.8 Å². The number of halogens is 3. The summed E-state index contributed by atoms with van der Waals surface area (Å²) in [6.07, 6.45) is 1.76. The van der Waals surface area contributed by atoms with Crippen LogP contribution in [0.2, 0.25) is 0 Å². The van der Waals surface area contributed by atoms with Crippen molar-refractivity contribution < 1.29 is 22.8 Å². The van der Waals surface area contributed by atoms with E-state index in [0.29, 0.717) is 48.2 Å². The van der Waals surface area contributed by atoms with Gasteiger partial charge in [-0.05, 0) is 90.6 Å². The average Bonchev–Trinajstić information content (AvgIpc) is 3.03. The molecule has 1 aliphatic rings. The molecule has 0 aliphatic heterocycles. The number of aryl methyl sites for hydroxylation is 2. The zero-order chi connectivity index (χ0) is 25.9. The lowest BCUT2D eigenvalue weighted by atomic mass is 9.96. The summed E-state index contributed by atoms with van der Waals surface area (Å²) in [6, 6.07) is 19.7. The molecule has 2 N–H and O–H groups in total. The van der Waals surface area contributed by atoms with Crippen LogP contribution in [-0.4, -0.2) is 18.2 Å². The topological polar surface area (TPSA) is 58.2 Å². The van der Waals surface area contributed by atoms with Gasteiger partial charge in [0, 0.05) is 35.0 Å². The van der Waals surface area contributed by atoms with Gasteiger partial charge in [-0.2, -0.15) is 0 Å². The van der Waals surface area contributed by atoms with Crippen LogP contribution in [0.15, 0.2) is 78.9 Å². The van der Waals surface area contributed by atoms with E-state index in [2.05, 4.69) is 10.6 Å². The number of carbonyl (C=O) groups is 2. The van der Waals surface area contributed by atoms with E-state index in [1.54, 1.807) is 48.5 Å². The summed E-state index contributed by atoms with van der Waals surface area (Å²) in [4.78, 5) is 26.1. The molecule has 0 radical (unpaired) electrons. The molecular formula is C30H23F3N2O2. The maximum absolute atomic E-state index is 14.1. The fourth-order valence-electron chi connectivity index (χ4n) is 4.48. The highest BCUT2D eigenvalue weighted by Gasteiger charge is 2.23. The number of amides is 1. The minimum absolute atomic E-state index is 0.139. The summed E-state index contributed by atoms with van der Waals surface area (Å²) >= 11 is 0. The molecule has 186 valence electrons. The summed E-state index contributed by atoms with van der Waals surface area (Å²) in [6.45, 7) is 0.378. The zero-order valence-electron chi connectivity index (χ0n) is 19.8. The van der Waals surface area contributed by atoms with E-state index >= 15 is 0 Å². The largest absolute Gasteiger partial charge is 0.353 e. The Hall–Kier alpha value is -4.39. The zero-order valence-corrected chi connectivity index (χ0v) is 19.8. The summed E-state index contributed by atoms with van der Waals surface area (Å²) in [7, 11) is 0. The Kier molecular flexibility index (Phi) is 6.77. The van der Waals surface area contributed by atoms with Gasteiger partial charge in [0.25, 0.3) is 5.91 Å². The van der Waals surface area contributed by atoms with Gasteiger partial charge in [0.15, 0.2) is 5.78 Å². The number of ketones is 1. The number of nitrogens with one attached hydrogen (secondary N) is 2. The second-order valence-corrected chi connectivity index (χ2v) is 8.95. The number of fused-ring (bicyclic) bond motifs is 2. The van der Waals surface area contributed by atoms with Gasteiger partial charge in [-0.25, -0.2) is 13.2 Å². The molecule has 0 atom stereocenters. The second-order valence-electron chi connectivity index (χ2n) is 8.95. The van der Waals surface area contributed by atoms with Gasteiger partial charge < -0.3 is 10.6 Å². The third-order valence-electron chi connectivity index (χ3n) is 6.45. The number of hydrogen-bond acceptors (Lipinski definition) is 3. The Bertz CT molecular complexity index is 1500. The Balaban J connectivity index is 1.31. The van der Waals surface area contributed by atoms with Crippen LogP contribution in [0.25, 0.3) is 0 Å². The number of carbonyl (C=O) groups excluding carboxylic acids is 2. The van der Waals surface area contributed by atoms with Crippen LogP contribution in [0.1, 0.15) is 43.0 Å². The van der Waals surface area contributed by atoms with Crippen LogP contribution in [-0.2, 0) is 19.3 Å². The van der Waals surface area contributed by atoms with Crippen LogP contribution in [0.4, 0.5) is 24.5 Å². The van der Waals surface area contributed by atoms with Crippen molar-refractivity contribution in [3.05, 3.63) is 130 Å². The number of anilines is 2. The Morgan fingerprint density at radius 2 is 1.51 bits per heavy atom. The van der Waals surface area contributed by atoms with E-state index in [0.717, 1.165) is 22.8 Å². The highest BCUT2D eigenvalue weighted by atomic mass is 19.1. The van der Waals surface area contributed by atoms with E-state index in [4.69, 9.17) is 0 Å². The smallest absolute Gasteiger partial charge is 0.251 e. The molecule has 37 heavy (non-hydrogen) atoms. The minimum atomic E-state index is -0.707. The molecule has 0 saturated carbocycles. The van der Waals surface area contributed by atoms with Crippen LogP contribution in [0, 0.1) is 17.5 Å². The summed E-state index contributed by atoms with van der Waals surface area (Å²) in [5.74, 6) is -2.14. The predicted molar refractivity (Wildman–Crippen MR) is 136 cm³/mol. The van der Waals surface area contributed by atoms with Crippen LogP contribution >= 0.6 is 0 Å². The first-order chi connectivity index (χ1) is 17.9. The molecule has 4 nitrogen and oxygen atoms in total. The normalized spacial score (nSPS) is 12.4. The lowest BCUT2D eigenvalue weighted by Gasteiger charge is -2.12. The lowest BCUT2D eigenvalue weighted by Crippen LogP contribution is -2.26. The van der Waals surface area contributed by atoms with Gasteiger partial charge in [-0.3, -0.25) is 9.59 Å². The molecule has 0 saturated heterocycles. The fourth-order valence-corrected chi connectivity index (χ4v) is 4.48. The lowest BCUT2D eigenvalue weighted by molar-refractivity contribution is 0.0954. The molecule has 0 fully saturated rings. The molecule has 4 aromatic carbocycles. The Labute approximate surface area is 212 Å². The molecule has 0 unspecified atom stereocenters. The molecule has 0 bridgehead atoms. The first kappa shape index (κ1) is 24.3. The van der Waals surface area contributed by atoms with Crippen molar-refractivity contribution in [2.75, 3.05) is 11.9 Å². The first-order valence-corrected chi connectivity index (χ1v) is 11.9. The quantitative estimate of drug-likeness (QED) is 0.334. The van der Waals surface area contributed by atoms with Crippen LogP contribution in [0.5, 0.6) is 0 Å². The predicted octanol–water partition coefficient (Wildman–Crippen LogP) is 6.15. The molecule has 7 heteroatoms. The van der Waals surface area contributed by atoms with Gasteiger partial charge >= 0.3 is 0 Å². The Morgan fingerprint density at radius 1 is 0.757 bits per heavy atom.